The van der Waals surface area contributed by atoms with E-state index < -0.39 is 5.60 Å². The Bertz CT molecular complexity index is 1610. The Morgan fingerprint density at radius 2 is 1.80 bits per heavy atom. The van der Waals surface area contributed by atoms with Crippen molar-refractivity contribution in [2.45, 2.75) is 104 Å². The summed E-state index contributed by atoms with van der Waals surface area (Å²) in [5.74, 6) is 2.13. The lowest BCUT2D eigenvalue weighted by Gasteiger charge is -2.25. The van der Waals surface area contributed by atoms with Crippen LogP contribution in [0.15, 0.2) is 55.2 Å². The molecule has 0 bridgehead atoms. The number of hydrogen-bond acceptors (Lipinski definition) is 7. The normalized spacial score (nSPS) is 16.4. The highest BCUT2D eigenvalue weighted by atomic mass is 16.6. The number of anilines is 1. The molecule has 1 aliphatic rings. The van der Waals surface area contributed by atoms with Gasteiger partial charge in [-0.3, -0.25) is 9.48 Å². The van der Waals surface area contributed by atoms with Gasteiger partial charge in [0, 0.05) is 50.1 Å². The van der Waals surface area contributed by atoms with Crippen molar-refractivity contribution >= 4 is 11.8 Å². The maximum Gasteiger partial charge on any atom is 0.306 e. The molecular formula is C37H50N7O2+. The Labute approximate surface area is 273 Å². The van der Waals surface area contributed by atoms with E-state index in [0.29, 0.717) is 18.4 Å². The summed E-state index contributed by atoms with van der Waals surface area (Å²) >= 11 is 0. The Morgan fingerprint density at radius 1 is 1.02 bits per heavy atom. The Morgan fingerprint density at radius 3 is 2.52 bits per heavy atom. The summed E-state index contributed by atoms with van der Waals surface area (Å²) in [6.07, 6.45) is 19.3. The number of ether oxygens (including phenoxy) is 1. The van der Waals surface area contributed by atoms with Gasteiger partial charge in [-0.05, 0) is 82.4 Å². The third kappa shape index (κ3) is 8.77. The highest BCUT2D eigenvalue weighted by Gasteiger charge is 2.31. The molecule has 0 saturated heterocycles. The van der Waals surface area contributed by atoms with Gasteiger partial charge in [-0.15, -0.1) is 0 Å². The number of carbonyl (C=O) groups excluding carboxylic acids is 1. The number of nitrogens with zero attached hydrogens (tertiary/aromatic N) is 6. The van der Waals surface area contributed by atoms with Crippen molar-refractivity contribution in [2.24, 2.45) is 20.0 Å². The molecule has 1 aromatic carbocycles. The van der Waals surface area contributed by atoms with Gasteiger partial charge in [0.2, 0.25) is 11.4 Å². The van der Waals surface area contributed by atoms with Gasteiger partial charge in [0.1, 0.15) is 18.8 Å². The van der Waals surface area contributed by atoms with Gasteiger partial charge >= 0.3 is 5.97 Å². The zero-order valence-electron chi connectivity index (χ0n) is 28.4. The lowest BCUT2D eigenvalue weighted by molar-refractivity contribution is -0.667. The van der Waals surface area contributed by atoms with Crippen LogP contribution in [0, 0.1) is 5.92 Å². The van der Waals surface area contributed by atoms with E-state index in [0.717, 1.165) is 91.8 Å². The molecule has 4 heterocycles. The van der Waals surface area contributed by atoms with E-state index in [2.05, 4.69) is 53.2 Å². The smallest absolute Gasteiger partial charge is 0.306 e. The molecule has 9 heteroatoms. The van der Waals surface area contributed by atoms with E-state index in [1.54, 1.807) is 0 Å². The van der Waals surface area contributed by atoms with Crippen LogP contribution in [0.1, 0.15) is 89.5 Å². The topological polar surface area (TPSA) is 98.7 Å². The monoisotopic (exact) mass is 624 g/mol. The number of aryl methyl sites for hydroxylation is 2. The zero-order chi connectivity index (χ0) is 32.7. The fourth-order valence-electron chi connectivity index (χ4n) is 6.43. The molecule has 3 aromatic heterocycles. The van der Waals surface area contributed by atoms with E-state index in [9.17, 15) is 4.79 Å². The van der Waals surface area contributed by atoms with Crippen molar-refractivity contribution in [3.63, 3.8) is 0 Å². The van der Waals surface area contributed by atoms with Crippen LogP contribution in [-0.4, -0.2) is 42.3 Å². The number of carbonyl (C=O) groups is 1. The maximum atomic E-state index is 11.9. The van der Waals surface area contributed by atoms with E-state index in [-0.39, 0.29) is 5.97 Å². The summed E-state index contributed by atoms with van der Waals surface area (Å²) in [6.45, 7) is 7.98. The lowest BCUT2D eigenvalue weighted by atomic mass is 9.87. The van der Waals surface area contributed by atoms with Gasteiger partial charge in [-0.1, -0.05) is 38.0 Å². The largest absolute Gasteiger partial charge is 0.460 e. The van der Waals surface area contributed by atoms with Crippen LogP contribution in [0.3, 0.4) is 0 Å². The van der Waals surface area contributed by atoms with Crippen LogP contribution in [0.4, 0.5) is 5.82 Å². The molecule has 0 aliphatic carbocycles. The molecule has 1 aliphatic heterocycles. The SMILES string of the molecule is CCC1Nc2ncc(-c3cnn(C)c3)[n+](C)c2CCC1Cc1cccc(-c2ncc(CCCCCCC(=O)OC(C)(C)C)cn2)c1. The summed E-state index contributed by atoms with van der Waals surface area (Å²) < 4.78 is 9.49. The third-order valence-electron chi connectivity index (χ3n) is 8.84. The highest BCUT2D eigenvalue weighted by Crippen LogP contribution is 2.30. The predicted molar refractivity (Wildman–Crippen MR) is 181 cm³/mol. The van der Waals surface area contributed by atoms with Crippen LogP contribution in [0.5, 0.6) is 0 Å². The molecule has 2 unspecified atom stereocenters. The van der Waals surface area contributed by atoms with Gasteiger partial charge in [-0.25, -0.2) is 15.0 Å². The molecule has 0 fully saturated rings. The maximum absolute atomic E-state index is 11.9. The van der Waals surface area contributed by atoms with Gasteiger partial charge in [0.05, 0.1) is 11.8 Å². The van der Waals surface area contributed by atoms with Crippen LogP contribution in [0.25, 0.3) is 22.6 Å². The van der Waals surface area contributed by atoms with Crippen molar-refractivity contribution in [3.05, 3.63) is 72.1 Å². The molecule has 0 spiro atoms. The van der Waals surface area contributed by atoms with Crippen LogP contribution < -0.4 is 9.88 Å². The summed E-state index contributed by atoms with van der Waals surface area (Å²) in [5.41, 5.74) is 6.49. The number of hydrogen-bond donors (Lipinski definition) is 1. The molecule has 244 valence electrons. The number of unbranched alkanes of at least 4 members (excludes halogenated alkanes) is 3. The molecule has 4 aromatic rings. The van der Waals surface area contributed by atoms with Gasteiger partial charge in [0.15, 0.2) is 11.6 Å². The first kappa shape index (κ1) is 33.2. The minimum atomic E-state index is -0.411. The third-order valence-corrected chi connectivity index (χ3v) is 8.84. The predicted octanol–water partition coefficient (Wildman–Crippen LogP) is 6.59. The molecule has 9 nitrogen and oxygen atoms in total. The fraction of sp³-hybridized carbons (Fsp3) is 0.514. The summed E-state index contributed by atoms with van der Waals surface area (Å²) in [7, 11) is 4.08. The molecule has 0 amide bonds. The van der Waals surface area contributed by atoms with E-state index >= 15 is 0 Å². The van der Waals surface area contributed by atoms with E-state index in [1.165, 1.54) is 11.3 Å². The molecule has 5 rings (SSSR count). The van der Waals surface area contributed by atoms with Crippen LogP contribution in [0.2, 0.25) is 0 Å². The number of aromatic nitrogens is 6. The average molecular weight is 625 g/mol. The molecule has 46 heavy (non-hydrogen) atoms. The summed E-state index contributed by atoms with van der Waals surface area (Å²) in [4.78, 5) is 26.2. The Balaban J connectivity index is 1.15. The first-order valence-electron chi connectivity index (χ1n) is 16.8. The number of esters is 1. The molecule has 1 N–H and O–H groups in total. The Hall–Kier alpha value is -4.14. The first-order valence-corrected chi connectivity index (χ1v) is 16.8. The van der Waals surface area contributed by atoms with E-state index in [1.807, 2.05) is 63.5 Å². The van der Waals surface area contributed by atoms with Gasteiger partial charge in [-0.2, -0.15) is 9.67 Å². The highest BCUT2D eigenvalue weighted by molar-refractivity contribution is 5.69. The quantitative estimate of drug-likeness (QED) is 0.108. The van der Waals surface area contributed by atoms with Crippen LogP contribution in [-0.2, 0) is 42.9 Å². The van der Waals surface area contributed by atoms with Crippen molar-refractivity contribution in [1.82, 2.24) is 24.7 Å². The number of nitrogens with one attached hydrogen (secondary N) is 1. The number of fused-ring (bicyclic) bond motifs is 1. The molecule has 0 saturated carbocycles. The second kappa shape index (κ2) is 15.0. The van der Waals surface area contributed by atoms with Crippen molar-refractivity contribution < 1.29 is 14.1 Å². The summed E-state index contributed by atoms with van der Waals surface area (Å²) in [5, 5.41) is 8.15. The zero-order valence-corrected chi connectivity index (χ0v) is 28.4. The first-order chi connectivity index (χ1) is 22.1. The fourth-order valence-corrected chi connectivity index (χ4v) is 6.43. The summed E-state index contributed by atoms with van der Waals surface area (Å²) in [6, 6.07) is 9.05. The minimum Gasteiger partial charge on any atom is -0.460 e. The average Bonchev–Trinajstić information content (AvgIpc) is 3.37. The standard InChI is InChI=1S/C37H50N7O2/c1-7-31-28(17-18-32-36(42-31)40-24-33(44(32)6)30-23-41-43(5)25-30)19-26-14-12-15-29(20-26)35-38-21-27(22-39-35)13-10-8-9-11-16-34(45)46-37(2,3)4/h12,14-15,20-25,28,31H,7-11,13,16-19H2,1-6H3,(H,40,42)/q+1. The molecular weight excluding hydrogens is 574 g/mol. The second-order valence-electron chi connectivity index (χ2n) is 13.7. The number of rotatable bonds is 12. The Kier molecular flexibility index (Phi) is 10.8. The van der Waals surface area contributed by atoms with E-state index in [4.69, 9.17) is 19.7 Å². The molecule has 0 radical (unpaired) electrons. The molecule has 2 atom stereocenters. The van der Waals surface area contributed by atoms with Crippen molar-refractivity contribution in [2.75, 3.05) is 5.32 Å². The number of benzene rings is 1. The van der Waals surface area contributed by atoms with Crippen molar-refractivity contribution in [3.8, 4) is 22.6 Å². The van der Waals surface area contributed by atoms with Gasteiger partial charge < -0.3 is 10.1 Å². The minimum absolute atomic E-state index is 0.107. The van der Waals surface area contributed by atoms with Crippen LogP contribution >= 0.6 is 0 Å². The van der Waals surface area contributed by atoms with Gasteiger partial charge in [0.25, 0.3) is 0 Å². The second-order valence-corrected chi connectivity index (χ2v) is 13.7. The van der Waals surface area contributed by atoms with Crippen molar-refractivity contribution in [1.29, 1.82) is 0 Å². The lowest BCUT2D eigenvalue weighted by Crippen LogP contribution is -2.37.